The monoisotopic (exact) mass is 275 g/mol. The smallest absolute Gasteiger partial charge is 0.0522 e. The van der Waals surface area contributed by atoms with E-state index in [1.165, 1.54) is 43.2 Å². The van der Waals surface area contributed by atoms with E-state index in [0.717, 1.165) is 6.54 Å². The maximum atomic E-state index is 4.41. The molecule has 1 heterocycles. The first-order valence-electron chi connectivity index (χ1n) is 7.92. The molecule has 3 nitrogen and oxygen atoms in total. The average molecular weight is 275 g/mol. The standard InChI is InChI=1S/C17H29N3/c1-5-19-16(15-11-14(2)12-18-13-15)17(20(3)4)9-7-6-8-10-17/h11-13,16,19H,5-10H2,1-4H3. The van der Waals surface area contributed by atoms with Crippen molar-refractivity contribution in [3.63, 3.8) is 0 Å². The Balaban J connectivity index is 2.38. The Labute approximate surface area is 123 Å². The van der Waals surface area contributed by atoms with Gasteiger partial charge in [-0.25, -0.2) is 0 Å². The third-order valence-corrected chi connectivity index (χ3v) is 4.79. The zero-order chi connectivity index (χ0) is 14.6. The second kappa shape index (κ2) is 6.68. The Morgan fingerprint density at radius 2 is 1.95 bits per heavy atom. The molecule has 1 fully saturated rings. The molecule has 2 rings (SSSR count). The summed E-state index contributed by atoms with van der Waals surface area (Å²) >= 11 is 0. The highest BCUT2D eigenvalue weighted by Gasteiger charge is 2.42. The Hall–Kier alpha value is -0.930. The Morgan fingerprint density at radius 3 is 2.50 bits per heavy atom. The molecule has 112 valence electrons. The zero-order valence-corrected chi connectivity index (χ0v) is 13.4. The predicted molar refractivity (Wildman–Crippen MR) is 84.9 cm³/mol. The number of hydrogen-bond acceptors (Lipinski definition) is 3. The van der Waals surface area contributed by atoms with Crippen molar-refractivity contribution in [2.24, 2.45) is 0 Å². The number of aromatic nitrogens is 1. The lowest BCUT2D eigenvalue weighted by Crippen LogP contribution is -2.54. The van der Waals surface area contributed by atoms with Gasteiger partial charge in [-0.3, -0.25) is 4.98 Å². The minimum Gasteiger partial charge on any atom is -0.309 e. The third-order valence-electron chi connectivity index (χ3n) is 4.79. The summed E-state index contributed by atoms with van der Waals surface area (Å²) in [5, 5.41) is 3.74. The van der Waals surface area contributed by atoms with Crippen LogP contribution in [0.25, 0.3) is 0 Å². The van der Waals surface area contributed by atoms with Crippen LogP contribution in [-0.4, -0.2) is 36.1 Å². The van der Waals surface area contributed by atoms with Gasteiger partial charge in [-0.05, 0) is 51.5 Å². The molecule has 0 spiro atoms. The van der Waals surface area contributed by atoms with Crippen molar-refractivity contribution in [3.8, 4) is 0 Å². The molecule has 1 aliphatic rings. The summed E-state index contributed by atoms with van der Waals surface area (Å²) in [6, 6.07) is 2.66. The molecule has 1 N–H and O–H groups in total. The number of rotatable bonds is 5. The largest absolute Gasteiger partial charge is 0.309 e. The lowest BCUT2D eigenvalue weighted by atomic mass is 9.73. The fourth-order valence-corrected chi connectivity index (χ4v) is 3.72. The van der Waals surface area contributed by atoms with Crippen molar-refractivity contribution >= 4 is 0 Å². The number of hydrogen-bond donors (Lipinski definition) is 1. The predicted octanol–water partition coefficient (Wildman–Crippen LogP) is 3.31. The summed E-state index contributed by atoms with van der Waals surface area (Å²) in [6.07, 6.45) is 10.6. The van der Waals surface area contributed by atoms with E-state index in [1.807, 2.05) is 12.4 Å². The molecule has 1 aliphatic carbocycles. The molecule has 20 heavy (non-hydrogen) atoms. The number of pyridine rings is 1. The van der Waals surface area contributed by atoms with Crippen molar-refractivity contribution in [1.29, 1.82) is 0 Å². The molecule has 0 amide bonds. The van der Waals surface area contributed by atoms with Crippen LogP contribution in [0.5, 0.6) is 0 Å². The second-order valence-corrected chi connectivity index (χ2v) is 6.34. The first kappa shape index (κ1) is 15.5. The lowest BCUT2D eigenvalue weighted by molar-refractivity contribution is 0.0569. The summed E-state index contributed by atoms with van der Waals surface area (Å²) in [7, 11) is 4.47. The third kappa shape index (κ3) is 3.04. The van der Waals surface area contributed by atoms with Crippen molar-refractivity contribution in [3.05, 3.63) is 29.6 Å². The summed E-state index contributed by atoms with van der Waals surface area (Å²) in [6.45, 7) is 5.32. The van der Waals surface area contributed by atoms with Gasteiger partial charge in [-0.2, -0.15) is 0 Å². The summed E-state index contributed by atoms with van der Waals surface area (Å²) < 4.78 is 0. The second-order valence-electron chi connectivity index (χ2n) is 6.34. The molecule has 1 unspecified atom stereocenters. The van der Waals surface area contributed by atoms with E-state index in [4.69, 9.17) is 0 Å². The van der Waals surface area contributed by atoms with Gasteiger partial charge in [0.2, 0.25) is 0 Å². The minimum absolute atomic E-state index is 0.226. The van der Waals surface area contributed by atoms with Crippen LogP contribution in [0, 0.1) is 6.92 Å². The molecule has 1 atom stereocenters. The fourth-order valence-electron chi connectivity index (χ4n) is 3.72. The zero-order valence-electron chi connectivity index (χ0n) is 13.4. The van der Waals surface area contributed by atoms with Gasteiger partial charge in [0.1, 0.15) is 0 Å². The van der Waals surface area contributed by atoms with E-state index >= 15 is 0 Å². The molecule has 0 radical (unpaired) electrons. The van der Waals surface area contributed by atoms with Gasteiger partial charge in [0, 0.05) is 17.9 Å². The summed E-state index contributed by atoms with van der Waals surface area (Å²) in [5.41, 5.74) is 2.81. The first-order valence-corrected chi connectivity index (χ1v) is 7.92. The van der Waals surface area contributed by atoms with Crippen molar-refractivity contribution in [1.82, 2.24) is 15.2 Å². The van der Waals surface area contributed by atoms with Crippen molar-refractivity contribution in [2.75, 3.05) is 20.6 Å². The highest BCUT2D eigenvalue weighted by atomic mass is 15.2. The van der Waals surface area contributed by atoms with Gasteiger partial charge in [0.05, 0.1) is 6.04 Å². The van der Waals surface area contributed by atoms with Gasteiger partial charge < -0.3 is 10.2 Å². The van der Waals surface area contributed by atoms with Crippen LogP contribution in [0.3, 0.4) is 0 Å². The SMILES string of the molecule is CCNC(c1cncc(C)c1)C1(N(C)C)CCCCC1. The van der Waals surface area contributed by atoms with Gasteiger partial charge in [-0.15, -0.1) is 0 Å². The quantitative estimate of drug-likeness (QED) is 0.893. The van der Waals surface area contributed by atoms with Gasteiger partial charge in [0.25, 0.3) is 0 Å². The fraction of sp³-hybridized carbons (Fsp3) is 0.706. The van der Waals surface area contributed by atoms with Gasteiger partial charge >= 0.3 is 0 Å². The molecule has 1 aromatic heterocycles. The number of nitrogens with zero attached hydrogens (tertiary/aromatic N) is 2. The van der Waals surface area contributed by atoms with Crippen LogP contribution in [0.2, 0.25) is 0 Å². The van der Waals surface area contributed by atoms with E-state index in [9.17, 15) is 0 Å². The van der Waals surface area contributed by atoms with Crippen LogP contribution >= 0.6 is 0 Å². The molecular formula is C17H29N3. The summed E-state index contributed by atoms with van der Waals surface area (Å²) in [5.74, 6) is 0. The Morgan fingerprint density at radius 1 is 1.25 bits per heavy atom. The van der Waals surface area contributed by atoms with Crippen molar-refractivity contribution in [2.45, 2.75) is 57.5 Å². The molecule has 0 saturated heterocycles. The number of aryl methyl sites for hydroxylation is 1. The lowest BCUT2D eigenvalue weighted by Gasteiger charge is -2.49. The highest BCUT2D eigenvalue weighted by molar-refractivity contribution is 5.24. The molecule has 3 heteroatoms. The van der Waals surface area contributed by atoms with Crippen LogP contribution in [0.1, 0.15) is 56.2 Å². The van der Waals surface area contributed by atoms with E-state index in [-0.39, 0.29) is 5.54 Å². The molecule has 1 aromatic rings. The van der Waals surface area contributed by atoms with E-state index in [1.54, 1.807) is 0 Å². The van der Waals surface area contributed by atoms with Crippen LogP contribution in [0.4, 0.5) is 0 Å². The molecule has 0 aromatic carbocycles. The van der Waals surface area contributed by atoms with E-state index in [2.05, 4.69) is 49.2 Å². The highest BCUT2D eigenvalue weighted by Crippen LogP contribution is 2.41. The molecule has 0 bridgehead atoms. The van der Waals surface area contributed by atoms with E-state index in [0.29, 0.717) is 6.04 Å². The van der Waals surface area contributed by atoms with Crippen molar-refractivity contribution < 1.29 is 0 Å². The maximum absolute atomic E-state index is 4.41. The molecular weight excluding hydrogens is 246 g/mol. The maximum Gasteiger partial charge on any atom is 0.0522 e. The molecule has 1 saturated carbocycles. The van der Waals surface area contributed by atoms with Crippen LogP contribution < -0.4 is 5.32 Å². The van der Waals surface area contributed by atoms with Gasteiger partial charge in [-0.1, -0.05) is 32.3 Å². The normalized spacial score (nSPS) is 20.1. The first-order chi connectivity index (χ1) is 9.60. The minimum atomic E-state index is 0.226. The average Bonchev–Trinajstić information content (AvgIpc) is 2.45. The van der Waals surface area contributed by atoms with Gasteiger partial charge in [0.15, 0.2) is 0 Å². The van der Waals surface area contributed by atoms with Crippen LogP contribution in [-0.2, 0) is 0 Å². The Bertz CT molecular complexity index is 422. The molecule has 0 aliphatic heterocycles. The van der Waals surface area contributed by atoms with Crippen LogP contribution in [0.15, 0.2) is 18.5 Å². The number of nitrogens with one attached hydrogen (secondary N) is 1. The summed E-state index contributed by atoms with van der Waals surface area (Å²) in [4.78, 5) is 6.86. The topological polar surface area (TPSA) is 28.2 Å². The Kier molecular flexibility index (Phi) is 5.17. The number of likely N-dealkylation sites (N-methyl/N-ethyl adjacent to an activating group) is 2. The van der Waals surface area contributed by atoms with E-state index < -0.39 is 0 Å².